The fourth-order valence-electron chi connectivity index (χ4n) is 2.80. The number of benzene rings is 1. The van der Waals surface area contributed by atoms with Gasteiger partial charge in [-0.1, -0.05) is 24.3 Å². The summed E-state index contributed by atoms with van der Waals surface area (Å²) in [5, 5.41) is 12.5. The van der Waals surface area contributed by atoms with Crippen LogP contribution in [0, 0.1) is 0 Å². The van der Waals surface area contributed by atoms with Crippen LogP contribution < -0.4 is 5.32 Å². The third-order valence-corrected chi connectivity index (χ3v) is 3.76. The standard InChI is InChI=1S/C17H26N2O3/c1-17(2,3)22-16(21)18-9-11-19-10-8-13-6-4-5-7-14(13)15(19)12-20/h4-7,15,20H,8-12H2,1-3H3,(H,18,21). The van der Waals surface area contributed by atoms with Crippen molar-refractivity contribution in [2.75, 3.05) is 26.2 Å². The lowest BCUT2D eigenvalue weighted by Gasteiger charge is -2.36. The Morgan fingerprint density at radius 2 is 2.14 bits per heavy atom. The van der Waals surface area contributed by atoms with Gasteiger partial charge in [0.25, 0.3) is 0 Å². The van der Waals surface area contributed by atoms with Crippen molar-refractivity contribution in [3.05, 3.63) is 35.4 Å². The van der Waals surface area contributed by atoms with E-state index >= 15 is 0 Å². The molecule has 2 rings (SSSR count). The molecule has 122 valence electrons. The van der Waals surface area contributed by atoms with Crippen LogP contribution >= 0.6 is 0 Å². The lowest BCUT2D eigenvalue weighted by Crippen LogP contribution is -2.43. The van der Waals surface area contributed by atoms with Gasteiger partial charge >= 0.3 is 6.09 Å². The SMILES string of the molecule is CC(C)(C)OC(=O)NCCN1CCc2ccccc2C1CO. The average Bonchev–Trinajstić information content (AvgIpc) is 2.45. The van der Waals surface area contributed by atoms with E-state index in [1.54, 1.807) is 0 Å². The van der Waals surface area contributed by atoms with Crippen molar-refractivity contribution in [3.8, 4) is 0 Å². The quantitative estimate of drug-likeness (QED) is 0.894. The summed E-state index contributed by atoms with van der Waals surface area (Å²) in [6, 6.07) is 8.24. The molecule has 1 aromatic rings. The first-order valence-electron chi connectivity index (χ1n) is 7.80. The molecule has 0 spiro atoms. The van der Waals surface area contributed by atoms with Gasteiger partial charge in [-0.05, 0) is 38.3 Å². The van der Waals surface area contributed by atoms with Gasteiger partial charge in [0.15, 0.2) is 0 Å². The van der Waals surface area contributed by atoms with Gasteiger partial charge in [0, 0.05) is 19.6 Å². The molecule has 1 atom stereocenters. The van der Waals surface area contributed by atoms with E-state index in [9.17, 15) is 9.90 Å². The first-order valence-corrected chi connectivity index (χ1v) is 7.80. The van der Waals surface area contributed by atoms with E-state index in [1.807, 2.05) is 32.9 Å². The fraction of sp³-hybridized carbons (Fsp3) is 0.588. The van der Waals surface area contributed by atoms with Gasteiger partial charge in [0.05, 0.1) is 12.6 Å². The number of alkyl carbamates (subject to hydrolysis) is 1. The zero-order valence-corrected chi connectivity index (χ0v) is 13.6. The van der Waals surface area contributed by atoms with Crippen LogP contribution in [0.15, 0.2) is 24.3 Å². The second-order valence-electron chi connectivity index (χ2n) is 6.61. The number of nitrogens with zero attached hydrogens (tertiary/aromatic N) is 1. The summed E-state index contributed by atoms with van der Waals surface area (Å²) in [4.78, 5) is 13.9. The largest absolute Gasteiger partial charge is 0.444 e. The number of rotatable bonds is 4. The van der Waals surface area contributed by atoms with Crippen LogP contribution in [-0.2, 0) is 11.2 Å². The van der Waals surface area contributed by atoms with E-state index in [4.69, 9.17) is 4.74 Å². The Labute approximate surface area is 132 Å². The molecule has 22 heavy (non-hydrogen) atoms. The van der Waals surface area contributed by atoms with Gasteiger partial charge in [-0.25, -0.2) is 4.79 Å². The van der Waals surface area contributed by atoms with E-state index in [-0.39, 0.29) is 12.6 Å². The molecule has 0 aromatic heterocycles. The van der Waals surface area contributed by atoms with Crippen molar-refractivity contribution < 1.29 is 14.6 Å². The van der Waals surface area contributed by atoms with E-state index in [1.165, 1.54) is 11.1 Å². The maximum atomic E-state index is 11.6. The summed E-state index contributed by atoms with van der Waals surface area (Å²) in [6.07, 6.45) is 0.574. The van der Waals surface area contributed by atoms with Crippen LogP contribution in [0.2, 0.25) is 0 Å². The molecule has 0 fully saturated rings. The summed E-state index contributed by atoms with van der Waals surface area (Å²) < 4.78 is 5.22. The number of aliphatic hydroxyl groups is 1. The van der Waals surface area contributed by atoms with Crippen molar-refractivity contribution in [1.29, 1.82) is 0 Å². The molecule has 5 heteroatoms. The zero-order valence-electron chi connectivity index (χ0n) is 13.6. The van der Waals surface area contributed by atoms with Crippen LogP contribution in [0.1, 0.15) is 37.9 Å². The Bertz CT molecular complexity index is 511. The summed E-state index contributed by atoms with van der Waals surface area (Å²) in [5.41, 5.74) is 2.01. The Morgan fingerprint density at radius 3 is 2.82 bits per heavy atom. The Balaban J connectivity index is 1.87. The highest BCUT2D eigenvalue weighted by Crippen LogP contribution is 2.28. The van der Waals surface area contributed by atoms with Crippen LogP contribution in [0.25, 0.3) is 0 Å². The number of hydrogen-bond acceptors (Lipinski definition) is 4. The third kappa shape index (κ3) is 4.45. The smallest absolute Gasteiger partial charge is 0.407 e. The monoisotopic (exact) mass is 306 g/mol. The number of hydrogen-bond donors (Lipinski definition) is 2. The molecule has 1 unspecified atom stereocenters. The van der Waals surface area contributed by atoms with Crippen molar-refractivity contribution in [1.82, 2.24) is 10.2 Å². The third-order valence-electron chi connectivity index (χ3n) is 3.76. The molecule has 0 radical (unpaired) electrons. The molecular weight excluding hydrogens is 280 g/mol. The number of fused-ring (bicyclic) bond motifs is 1. The van der Waals surface area contributed by atoms with Crippen LogP contribution in [0.3, 0.4) is 0 Å². The topological polar surface area (TPSA) is 61.8 Å². The van der Waals surface area contributed by atoms with Gasteiger partial charge in [0.1, 0.15) is 5.60 Å². The molecule has 1 aliphatic heterocycles. The van der Waals surface area contributed by atoms with Crippen LogP contribution in [-0.4, -0.2) is 47.9 Å². The van der Waals surface area contributed by atoms with Gasteiger partial charge in [-0.3, -0.25) is 4.90 Å². The number of nitrogens with one attached hydrogen (secondary N) is 1. The number of carbonyl (C=O) groups excluding carboxylic acids is 1. The van der Waals surface area contributed by atoms with Crippen molar-refractivity contribution in [2.24, 2.45) is 0 Å². The predicted molar refractivity (Wildman–Crippen MR) is 85.8 cm³/mol. The minimum Gasteiger partial charge on any atom is -0.444 e. The lowest BCUT2D eigenvalue weighted by molar-refractivity contribution is 0.0511. The summed E-state index contributed by atoms with van der Waals surface area (Å²) in [7, 11) is 0. The highest BCUT2D eigenvalue weighted by molar-refractivity contribution is 5.67. The Kier molecular flexibility index (Phi) is 5.42. The van der Waals surface area contributed by atoms with Crippen molar-refractivity contribution >= 4 is 6.09 Å². The molecule has 0 bridgehead atoms. The molecule has 1 aliphatic rings. The van der Waals surface area contributed by atoms with E-state index in [2.05, 4.69) is 22.3 Å². The van der Waals surface area contributed by atoms with Gasteiger partial charge in [0.2, 0.25) is 0 Å². The van der Waals surface area contributed by atoms with E-state index in [0.29, 0.717) is 13.1 Å². The maximum absolute atomic E-state index is 11.6. The molecule has 2 N–H and O–H groups in total. The number of ether oxygens (including phenoxy) is 1. The van der Waals surface area contributed by atoms with Crippen molar-refractivity contribution in [3.63, 3.8) is 0 Å². The summed E-state index contributed by atoms with van der Waals surface area (Å²) >= 11 is 0. The zero-order chi connectivity index (χ0) is 16.2. The van der Waals surface area contributed by atoms with Crippen molar-refractivity contribution in [2.45, 2.75) is 38.8 Å². The van der Waals surface area contributed by atoms with Gasteiger partial charge < -0.3 is 15.2 Å². The van der Waals surface area contributed by atoms with Crippen LogP contribution in [0.4, 0.5) is 4.79 Å². The molecule has 1 heterocycles. The summed E-state index contributed by atoms with van der Waals surface area (Å²) in [6.45, 7) is 7.70. The molecule has 5 nitrogen and oxygen atoms in total. The second-order valence-corrected chi connectivity index (χ2v) is 6.61. The van der Waals surface area contributed by atoms with E-state index in [0.717, 1.165) is 13.0 Å². The van der Waals surface area contributed by atoms with Gasteiger partial charge in [-0.15, -0.1) is 0 Å². The highest BCUT2D eigenvalue weighted by atomic mass is 16.6. The first kappa shape index (κ1) is 16.8. The molecular formula is C17H26N2O3. The molecule has 0 saturated heterocycles. The van der Waals surface area contributed by atoms with E-state index < -0.39 is 11.7 Å². The minimum atomic E-state index is -0.484. The Morgan fingerprint density at radius 1 is 1.41 bits per heavy atom. The Hall–Kier alpha value is -1.59. The average molecular weight is 306 g/mol. The van der Waals surface area contributed by atoms with Crippen LogP contribution in [0.5, 0.6) is 0 Å². The predicted octanol–water partition coefficient (Wildman–Crippen LogP) is 2.10. The first-order chi connectivity index (χ1) is 10.4. The maximum Gasteiger partial charge on any atom is 0.407 e. The lowest BCUT2D eigenvalue weighted by atomic mass is 9.93. The number of amides is 1. The number of carbonyl (C=O) groups is 1. The minimum absolute atomic E-state index is 0.00499. The molecule has 0 saturated carbocycles. The number of aliphatic hydroxyl groups excluding tert-OH is 1. The fourth-order valence-corrected chi connectivity index (χ4v) is 2.80. The second kappa shape index (κ2) is 7.11. The molecule has 1 amide bonds. The summed E-state index contributed by atoms with van der Waals surface area (Å²) in [5.74, 6) is 0. The molecule has 1 aromatic carbocycles. The van der Waals surface area contributed by atoms with Gasteiger partial charge in [-0.2, -0.15) is 0 Å². The molecule has 0 aliphatic carbocycles. The normalized spacial score (nSPS) is 18.6. The highest BCUT2D eigenvalue weighted by Gasteiger charge is 2.26.